The number of rotatable bonds is 2. The number of halogens is 3. The summed E-state index contributed by atoms with van der Waals surface area (Å²) in [5.41, 5.74) is -1.52. The van der Waals surface area contributed by atoms with Gasteiger partial charge in [0.05, 0.1) is 24.3 Å². The molecule has 1 heterocycles. The molecule has 2 atom stereocenters. The number of alkyl halides is 3. The zero-order valence-electron chi connectivity index (χ0n) is 14.6. The number of nitrogens with one attached hydrogen (secondary N) is 1. The van der Waals surface area contributed by atoms with Gasteiger partial charge < -0.3 is 20.1 Å². The molecule has 1 saturated heterocycles. The summed E-state index contributed by atoms with van der Waals surface area (Å²) in [4.78, 5) is 25.5. The highest BCUT2D eigenvalue weighted by molar-refractivity contribution is 5.94. The predicted octanol–water partition coefficient (Wildman–Crippen LogP) is 2.42. The number of nitrogens with zero attached hydrogens (tertiary/aromatic N) is 1. The Morgan fingerprint density at radius 3 is 2.23 bits per heavy atom. The maximum absolute atomic E-state index is 12.6. The molecule has 0 aromatic heterocycles. The SMILES string of the molecule is CC(C)(C)OC(=O)N1C[C@H](NC(=O)c2ccc(C(F)(F)F)cc2)[C@@H](O)C1. The first kappa shape index (κ1) is 20.0. The minimum absolute atomic E-state index is 0.00707. The van der Waals surface area contributed by atoms with Crippen molar-refractivity contribution in [2.45, 2.75) is 44.7 Å². The summed E-state index contributed by atoms with van der Waals surface area (Å²) < 4.78 is 42.9. The van der Waals surface area contributed by atoms with Crippen molar-refractivity contribution >= 4 is 12.0 Å². The Hall–Kier alpha value is -2.29. The molecule has 9 heteroatoms. The summed E-state index contributed by atoms with van der Waals surface area (Å²) in [7, 11) is 0. The van der Waals surface area contributed by atoms with Gasteiger partial charge in [-0.3, -0.25) is 4.79 Å². The first-order valence-electron chi connectivity index (χ1n) is 8.01. The van der Waals surface area contributed by atoms with Crippen LogP contribution in [-0.2, 0) is 10.9 Å². The highest BCUT2D eigenvalue weighted by atomic mass is 19.4. The van der Waals surface area contributed by atoms with Crippen molar-refractivity contribution in [1.29, 1.82) is 0 Å². The van der Waals surface area contributed by atoms with Crippen LogP contribution in [0.25, 0.3) is 0 Å². The van der Waals surface area contributed by atoms with Crippen LogP contribution in [-0.4, -0.2) is 52.8 Å². The van der Waals surface area contributed by atoms with Crippen LogP contribution in [0, 0.1) is 0 Å². The van der Waals surface area contributed by atoms with Gasteiger partial charge in [-0.15, -0.1) is 0 Å². The first-order chi connectivity index (χ1) is 11.9. The molecule has 0 unspecified atom stereocenters. The summed E-state index contributed by atoms with van der Waals surface area (Å²) in [5, 5.41) is 12.6. The second-order valence-corrected chi connectivity index (χ2v) is 7.11. The van der Waals surface area contributed by atoms with Crippen LogP contribution in [0.15, 0.2) is 24.3 Å². The van der Waals surface area contributed by atoms with Crippen molar-refractivity contribution in [2.24, 2.45) is 0 Å². The minimum atomic E-state index is -4.48. The molecule has 1 aliphatic rings. The maximum atomic E-state index is 12.6. The Morgan fingerprint density at radius 1 is 1.15 bits per heavy atom. The zero-order valence-corrected chi connectivity index (χ0v) is 14.6. The number of likely N-dealkylation sites (tertiary alicyclic amines) is 1. The zero-order chi connectivity index (χ0) is 19.7. The molecule has 0 saturated carbocycles. The van der Waals surface area contributed by atoms with Gasteiger partial charge in [-0.1, -0.05) is 0 Å². The van der Waals surface area contributed by atoms with Gasteiger partial charge in [-0.05, 0) is 45.0 Å². The van der Waals surface area contributed by atoms with E-state index in [1.165, 1.54) is 4.90 Å². The van der Waals surface area contributed by atoms with Gasteiger partial charge in [-0.25, -0.2) is 4.79 Å². The summed E-state index contributed by atoms with van der Waals surface area (Å²) in [5.74, 6) is -0.631. The third-order valence-corrected chi connectivity index (χ3v) is 3.73. The second-order valence-electron chi connectivity index (χ2n) is 7.11. The number of benzene rings is 1. The van der Waals surface area contributed by atoms with E-state index in [0.29, 0.717) is 0 Å². The fourth-order valence-electron chi connectivity index (χ4n) is 2.47. The third kappa shape index (κ3) is 5.10. The average molecular weight is 374 g/mol. The van der Waals surface area contributed by atoms with Crippen LogP contribution in [0.1, 0.15) is 36.7 Å². The number of hydrogen-bond donors (Lipinski definition) is 2. The largest absolute Gasteiger partial charge is 0.444 e. The molecule has 2 amide bonds. The summed E-state index contributed by atoms with van der Waals surface area (Å²) in [6.45, 7) is 5.17. The van der Waals surface area contributed by atoms with E-state index < -0.39 is 41.5 Å². The number of aliphatic hydroxyl groups is 1. The molecule has 6 nitrogen and oxygen atoms in total. The molecule has 144 valence electrons. The van der Waals surface area contributed by atoms with E-state index >= 15 is 0 Å². The van der Waals surface area contributed by atoms with E-state index in [4.69, 9.17) is 4.74 Å². The second kappa shape index (κ2) is 7.14. The molecule has 0 aliphatic carbocycles. The fraction of sp³-hybridized carbons (Fsp3) is 0.529. The molecular weight excluding hydrogens is 353 g/mol. The van der Waals surface area contributed by atoms with Crippen molar-refractivity contribution < 1.29 is 32.6 Å². The highest BCUT2D eigenvalue weighted by Crippen LogP contribution is 2.29. The van der Waals surface area contributed by atoms with Crippen LogP contribution in [0.2, 0.25) is 0 Å². The smallest absolute Gasteiger partial charge is 0.416 e. The van der Waals surface area contributed by atoms with E-state index in [-0.39, 0.29) is 18.7 Å². The Labute approximate surface area is 148 Å². The number of carbonyl (C=O) groups is 2. The fourth-order valence-corrected chi connectivity index (χ4v) is 2.47. The monoisotopic (exact) mass is 374 g/mol. The van der Waals surface area contributed by atoms with Crippen LogP contribution in [0.5, 0.6) is 0 Å². The molecule has 0 bridgehead atoms. The van der Waals surface area contributed by atoms with Crippen molar-refractivity contribution in [3.8, 4) is 0 Å². The average Bonchev–Trinajstić information content (AvgIpc) is 2.86. The predicted molar refractivity (Wildman–Crippen MR) is 86.5 cm³/mol. The van der Waals surface area contributed by atoms with Crippen LogP contribution in [0.4, 0.5) is 18.0 Å². The number of ether oxygens (including phenoxy) is 1. The molecule has 1 aromatic carbocycles. The Morgan fingerprint density at radius 2 is 1.73 bits per heavy atom. The van der Waals surface area contributed by atoms with E-state index in [0.717, 1.165) is 24.3 Å². The lowest BCUT2D eigenvalue weighted by atomic mass is 10.1. The lowest BCUT2D eigenvalue weighted by Crippen LogP contribution is -2.43. The lowest BCUT2D eigenvalue weighted by Gasteiger charge is -2.24. The molecule has 2 rings (SSSR count). The van der Waals surface area contributed by atoms with Gasteiger partial charge >= 0.3 is 12.3 Å². The van der Waals surface area contributed by atoms with Gasteiger partial charge in [-0.2, -0.15) is 13.2 Å². The Bertz CT molecular complexity index is 668. The van der Waals surface area contributed by atoms with Crippen LogP contribution in [0.3, 0.4) is 0 Å². The molecule has 0 spiro atoms. The maximum Gasteiger partial charge on any atom is 0.416 e. The molecule has 2 N–H and O–H groups in total. The van der Waals surface area contributed by atoms with Gasteiger partial charge in [0, 0.05) is 12.1 Å². The van der Waals surface area contributed by atoms with Gasteiger partial charge in [0.2, 0.25) is 0 Å². The van der Waals surface area contributed by atoms with Crippen molar-refractivity contribution in [3.05, 3.63) is 35.4 Å². The lowest BCUT2D eigenvalue weighted by molar-refractivity contribution is -0.137. The number of carbonyl (C=O) groups excluding carboxylic acids is 2. The van der Waals surface area contributed by atoms with E-state index in [1.54, 1.807) is 20.8 Å². The molecule has 1 aromatic rings. The molecule has 0 radical (unpaired) electrons. The number of hydrogen-bond acceptors (Lipinski definition) is 4. The molecular formula is C17H21F3N2O4. The van der Waals surface area contributed by atoms with Crippen molar-refractivity contribution in [1.82, 2.24) is 10.2 Å². The van der Waals surface area contributed by atoms with E-state index in [9.17, 15) is 27.9 Å². The first-order valence-corrected chi connectivity index (χ1v) is 8.01. The Balaban J connectivity index is 1.98. The van der Waals surface area contributed by atoms with Crippen LogP contribution >= 0.6 is 0 Å². The standard InChI is InChI=1S/C17H21F3N2O4/c1-16(2,3)26-15(25)22-8-12(13(23)9-22)21-14(24)10-4-6-11(7-5-10)17(18,19)20/h4-7,12-13,23H,8-9H2,1-3H3,(H,21,24)/t12-,13-/m0/s1. The summed E-state index contributed by atoms with van der Waals surface area (Å²) >= 11 is 0. The summed E-state index contributed by atoms with van der Waals surface area (Å²) in [6.07, 6.45) is -6.09. The van der Waals surface area contributed by atoms with E-state index in [2.05, 4.69) is 5.32 Å². The third-order valence-electron chi connectivity index (χ3n) is 3.73. The minimum Gasteiger partial charge on any atom is -0.444 e. The number of aliphatic hydroxyl groups excluding tert-OH is 1. The van der Waals surface area contributed by atoms with Crippen molar-refractivity contribution in [3.63, 3.8) is 0 Å². The molecule has 1 aliphatic heterocycles. The van der Waals surface area contributed by atoms with Gasteiger partial charge in [0.15, 0.2) is 0 Å². The van der Waals surface area contributed by atoms with Gasteiger partial charge in [0.25, 0.3) is 5.91 Å². The van der Waals surface area contributed by atoms with E-state index in [1.807, 2.05) is 0 Å². The number of amides is 2. The normalized spacial score (nSPS) is 20.8. The van der Waals surface area contributed by atoms with Crippen molar-refractivity contribution in [2.75, 3.05) is 13.1 Å². The quantitative estimate of drug-likeness (QED) is 0.833. The molecule has 1 fully saturated rings. The van der Waals surface area contributed by atoms with Crippen LogP contribution < -0.4 is 5.32 Å². The number of β-amino-alcohol motifs (C(OH)–C–C–N with tert-alkyl or cyclic N) is 1. The Kier molecular flexibility index (Phi) is 5.50. The summed E-state index contributed by atoms with van der Waals surface area (Å²) in [6, 6.07) is 3.01. The molecule has 26 heavy (non-hydrogen) atoms. The van der Waals surface area contributed by atoms with Gasteiger partial charge in [0.1, 0.15) is 5.60 Å². The highest BCUT2D eigenvalue weighted by Gasteiger charge is 2.37. The topological polar surface area (TPSA) is 78.9 Å².